The summed E-state index contributed by atoms with van der Waals surface area (Å²) in [7, 11) is 0. The second-order valence-electron chi connectivity index (χ2n) is 6.17. The fraction of sp³-hybridized carbons (Fsp3) is 1.00. The quantitative estimate of drug-likeness (QED) is 0.784. The third-order valence-corrected chi connectivity index (χ3v) is 5.31. The molecule has 3 rings (SSSR count). The summed E-state index contributed by atoms with van der Waals surface area (Å²) in [6.45, 7) is 7.45. The van der Waals surface area contributed by atoms with Gasteiger partial charge in [0.1, 0.15) is 0 Å². The highest BCUT2D eigenvalue weighted by atomic mass is 15.2. The summed E-state index contributed by atoms with van der Waals surface area (Å²) in [5.74, 6) is 3.24. The molecular weight excluding hydrogens is 196 g/mol. The minimum Gasteiger partial charge on any atom is -0.315 e. The van der Waals surface area contributed by atoms with Crippen LogP contribution in [0.5, 0.6) is 0 Å². The fourth-order valence-electron chi connectivity index (χ4n) is 4.39. The largest absolute Gasteiger partial charge is 0.315 e. The summed E-state index contributed by atoms with van der Waals surface area (Å²) < 4.78 is 0. The lowest BCUT2D eigenvalue weighted by Crippen LogP contribution is -2.41. The predicted molar refractivity (Wildman–Crippen MR) is 67.5 cm³/mol. The molecule has 1 aliphatic heterocycles. The molecule has 1 N–H and O–H groups in total. The van der Waals surface area contributed by atoms with Gasteiger partial charge in [-0.15, -0.1) is 0 Å². The smallest absolute Gasteiger partial charge is 0.0232 e. The Kier molecular flexibility index (Phi) is 3.21. The van der Waals surface area contributed by atoms with Crippen LogP contribution < -0.4 is 5.32 Å². The highest BCUT2D eigenvalue weighted by Gasteiger charge is 2.40. The van der Waals surface area contributed by atoms with Crippen molar-refractivity contribution >= 4 is 0 Å². The molecule has 3 aliphatic rings. The van der Waals surface area contributed by atoms with Crippen LogP contribution in [0.1, 0.15) is 39.0 Å². The van der Waals surface area contributed by atoms with E-state index in [2.05, 4.69) is 17.1 Å². The summed E-state index contributed by atoms with van der Waals surface area (Å²) in [4.78, 5) is 2.76. The summed E-state index contributed by atoms with van der Waals surface area (Å²) in [6.07, 6.45) is 7.55. The molecule has 4 unspecified atom stereocenters. The van der Waals surface area contributed by atoms with E-state index in [1.165, 1.54) is 45.4 Å². The van der Waals surface area contributed by atoms with E-state index >= 15 is 0 Å². The second kappa shape index (κ2) is 4.66. The van der Waals surface area contributed by atoms with Crippen molar-refractivity contribution in [1.29, 1.82) is 0 Å². The van der Waals surface area contributed by atoms with E-state index in [0.717, 1.165) is 23.8 Å². The number of likely N-dealkylation sites (N-methyl/N-ethyl adjacent to an activating group) is 1. The van der Waals surface area contributed by atoms with Gasteiger partial charge in [0.05, 0.1) is 0 Å². The number of fused-ring (bicyclic) bond motifs is 2. The van der Waals surface area contributed by atoms with Crippen molar-refractivity contribution in [2.45, 2.75) is 45.1 Å². The first-order valence-corrected chi connectivity index (χ1v) is 7.31. The third-order valence-electron chi connectivity index (χ3n) is 5.31. The minimum absolute atomic E-state index is 0.837. The van der Waals surface area contributed by atoms with Crippen LogP contribution in [0.25, 0.3) is 0 Å². The van der Waals surface area contributed by atoms with Crippen LogP contribution in [0.3, 0.4) is 0 Å². The highest BCUT2D eigenvalue weighted by molar-refractivity contribution is 4.92. The van der Waals surface area contributed by atoms with Gasteiger partial charge in [0.15, 0.2) is 0 Å². The molecule has 0 radical (unpaired) electrons. The molecule has 2 saturated carbocycles. The molecule has 16 heavy (non-hydrogen) atoms. The zero-order valence-corrected chi connectivity index (χ0v) is 10.6. The Labute approximate surface area is 99.8 Å². The van der Waals surface area contributed by atoms with Gasteiger partial charge in [-0.1, -0.05) is 13.3 Å². The van der Waals surface area contributed by atoms with Gasteiger partial charge in [-0.25, -0.2) is 0 Å². The lowest BCUT2D eigenvalue weighted by atomic mass is 9.88. The van der Waals surface area contributed by atoms with E-state index in [4.69, 9.17) is 0 Å². The summed E-state index contributed by atoms with van der Waals surface area (Å²) in [5, 5.41) is 3.50. The Balaban J connectivity index is 1.55. The first-order chi connectivity index (χ1) is 7.86. The maximum Gasteiger partial charge on any atom is 0.0232 e. The van der Waals surface area contributed by atoms with Crippen molar-refractivity contribution in [1.82, 2.24) is 10.2 Å². The number of nitrogens with zero attached hydrogens (tertiary/aromatic N) is 1. The molecular formula is C14H26N2. The van der Waals surface area contributed by atoms with Crippen LogP contribution in [0.2, 0.25) is 0 Å². The van der Waals surface area contributed by atoms with Crippen molar-refractivity contribution in [3.05, 3.63) is 0 Å². The maximum atomic E-state index is 3.50. The zero-order chi connectivity index (χ0) is 11.0. The van der Waals surface area contributed by atoms with Gasteiger partial charge in [-0.05, 0) is 56.5 Å². The number of hydrogen-bond donors (Lipinski definition) is 1. The van der Waals surface area contributed by atoms with Gasteiger partial charge in [0.25, 0.3) is 0 Å². The predicted octanol–water partition coefficient (Wildman–Crippen LogP) is 2.11. The summed E-state index contributed by atoms with van der Waals surface area (Å²) in [5.41, 5.74) is 0. The molecule has 1 heterocycles. The van der Waals surface area contributed by atoms with Crippen LogP contribution in [0.15, 0.2) is 0 Å². The van der Waals surface area contributed by atoms with Crippen LogP contribution in [0.4, 0.5) is 0 Å². The first-order valence-electron chi connectivity index (χ1n) is 7.31. The normalized spacial score (nSPS) is 42.4. The van der Waals surface area contributed by atoms with Crippen LogP contribution >= 0.6 is 0 Å². The SMILES string of the molecule is CCN(CC1CC2CCC1C2)C1CCNC1. The topological polar surface area (TPSA) is 15.3 Å². The minimum atomic E-state index is 0.837. The molecule has 2 nitrogen and oxygen atoms in total. The third kappa shape index (κ3) is 2.02. The molecule has 2 heteroatoms. The summed E-state index contributed by atoms with van der Waals surface area (Å²) in [6, 6.07) is 0.837. The molecule has 92 valence electrons. The van der Waals surface area contributed by atoms with Crippen molar-refractivity contribution in [3.8, 4) is 0 Å². The van der Waals surface area contributed by atoms with Gasteiger partial charge in [0, 0.05) is 19.1 Å². The molecule has 4 atom stereocenters. The molecule has 2 aliphatic carbocycles. The van der Waals surface area contributed by atoms with E-state index in [0.29, 0.717) is 0 Å². The van der Waals surface area contributed by atoms with Crippen molar-refractivity contribution in [2.75, 3.05) is 26.2 Å². The van der Waals surface area contributed by atoms with Gasteiger partial charge < -0.3 is 5.32 Å². The average Bonchev–Trinajstić information content (AvgIpc) is 3.01. The van der Waals surface area contributed by atoms with E-state index < -0.39 is 0 Å². The molecule has 0 aromatic heterocycles. The Morgan fingerprint density at radius 2 is 2.12 bits per heavy atom. The molecule has 0 spiro atoms. The van der Waals surface area contributed by atoms with Crippen molar-refractivity contribution < 1.29 is 0 Å². The Morgan fingerprint density at radius 1 is 1.19 bits per heavy atom. The van der Waals surface area contributed by atoms with Crippen LogP contribution in [-0.2, 0) is 0 Å². The Hall–Kier alpha value is -0.0800. The highest BCUT2D eigenvalue weighted by Crippen LogP contribution is 2.48. The van der Waals surface area contributed by atoms with E-state index in [1.54, 1.807) is 12.8 Å². The standard InChI is InChI=1S/C14H26N2/c1-2-16(14-5-6-15-9-14)10-13-8-11-3-4-12(13)7-11/h11-15H,2-10H2,1H3. The molecule has 0 amide bonds. The van der Waals surface area contributed by atoms with Gasteiger partial charge in [0.2, 0.25) is 0 Å². The zero-order valence-electron chi connectivity index (χ0n) is 10.6. The molecule has 2 bridgehead atoms. The Morgan fingerprint density at radius 3 is 2.69 bits per heavy atom. The van der Waals surface area contributed by atoms with Crippen molar-refractivity contribution in [3.63, 3.8) is 0 Å². The monoisotopic (exact) mass is 222 g/mol. The van der Waals surface area contributed by atoms with Gasteiger partial charge in [-0.3, -0.25) is 4.90 Å². The summed E-state index contributed by atoms with van der Waals surface area (Å²) >= 11 is 0. The second-order valence-corrected chi connectivity index (χ2v) is 6.17. The molecule has 3 fully saturated rings. The fourth-order valence-corrected chi connectivity index (χ4v) is 4.39. The Bertz CT molecular complexity index is 235. The first kappa shape index (κ1) is 11.0. The molecule has 0 aromatic rings. The average molecular weight is 222 g/mol. The lowest BCUT2D eigenvalue weighted by Gasteiger charge is -2.32. The van der Waals surface area contributed by atoms with Crippen molar-refractivity contribution in [2.24, 2.45) is 17.8 Å². The molecule has 0 aromatic carbocycles. The van der Waals surface area contributed by atoms with Gasteiger partial charge >= 0.3 is 0 Å². The lowest BCUT2D eigenvalue weighted by molar-refractivity contribution is 0.156. The van der Waals surface area contributed by atoms with E-state index in [1.807, 2.05) is 0 Å². The maximum absolute atomic E-state index is 3.50. The number of hydrogen-bond acceptors (Lipinski definition) is 2. The van der Waals surface area contributed by atoms with Gasteiger partial charge in [-0.2, -0.15) is 0 Å². The van der Waals surface area contributed by atoms with E-state index in [-0.39, 0.29) is 0 Å². The molecule has 1 saturated heterocycles. The van der Waals surface area contributed by atoms with E-state index in [9.17, 15) is 0 Å². The number of nitrogens with one attached hydrogen (secondary N) is 1. The van der Waals surface area contributed by atoms with Crippen LogP contribution in [0, 0.1) is 17.8 Å². The van der Waals surface area contributed by atoms with Crippen LogP contribution in [-0.4, -0.2) is 37.1 Å². The number of rotatable bonds is 4.